The van der Waals surface area contributed by atoms with E-state index in [2.05, 4.69) is 4.37 Å². The highest BCUT2D eigenvalue weighted by atomic mass is 32.1. The van der Waals surface area contributed by atoms with Crippen molar-refractivity contribution in [2.45, 2.75) is 13.5 Å². The number of imide groups is 1. The maximum atomic E-state index is 11.8. The number of anilines is 1. The van der Waals surface area contributed by atoms with E-state index in [-0.39, 0.29) is 17.2 Å². The number of rotatable bonds is 5. The minimum atomic E-state index is -0.923. The quantitative estimate of drug-likeness (QED) is 0.787. The van der Waals surface area contributed by atoms with E-state index in [1.54, 1.807) is 31.2 Å². The number of ether oxygens (including phenoxy) is 2. The Bertz CT molecular complexity index is 725. The van der Waals surface area contributed by atoms with E-state index in [1.165, 1.54) is 0 Å². The molecule has 1 aromatic carbocycles. The molecule has 1 heterocycles. The number of carbonyl (C=O) groups is 3. The highest BCUT2D eigenvalue weighted by Gasteiger charge is 2.19. The highest BCUT2D eigenvalue weighted by molar-refractivity contribution is 7.10. The predicted octanol–water partition coefficient (Wildman–Crippen LogP) is 1.64. The second kappa shape index (κ2) is 8.06. The number of nitrogens with one attached hydrogen (secondary N) is 1. The molecule has 2 amide bonds. The largest absolute Gasteiger partial charge is 0.452 e. The summed E-state index contributed by atoms with van der Waals surface area (Å²) in [6, 6.07) is 8.98. The summed E-state index contributed by atoms with van der Waals surface area (Å²) in [5.74, 6) is -1.58. The molecule has 0 spiro atoms. The van der Waals surface area contributed by atoms with E-state index < -0.39 is 24.6 Å². The lowest BCUT2D eigenvalue weighted by atomic mass is 10.2. The van der Waals surface area contributed by atoms with Crippen LogP contribution in [-0.2, 0) is 20.9 Å². The Labute approximate surface area is 141 Å². The third kappa shape index (κ3) is 4.78. The molecule has 24 heavy (non-hydrogen) atoms. The van der Waals surface area contributed by atoms with Crippen molar-refractivity contribution < 1.29 is 23.9 Å². The van der Waals surface area contributed by atoms with Crippen LogP contribution >= 0.6 is 11.5 Å². The maximum absolute atomic E-state index is 11.8. The lowest BCUT2D eigenvalue weighted by Gasteiger charge is -2.07. The van der Waals surface area contributed by atoms with E-state index in [1.807, 2.05) is 11.4 Å². The number of esters is 1. The van der Waals surface area contributed by atoms with Gasteiger partial charge in [0, 0.05) is 0 Å². The van der Waals surface area contributed by atoms with Gasteiger partial charge >= 0.3 is 12.1 Å². The molecule has 126 valence electrons. The Kier molecular flexibility index (Phi) is 5.85. The predicted molar refractivity (Wildman–Crippen MR) is 86.3 cm³/mol. The fraction of sp³-hybridized carbons (Fsp3) is 0.200. The van der Waals surface area contributed by atoms with Crippen LogP contribution in [0.2, 0.25) is 0 Å². The Morgan fingerprint density at radius 3 is 2.54 bits per heavy atom. The van der Waals surface area contributed by atoms with Crippen LogP contribution in [0, 0.1) is 6.92 Å². The minimum absolute atomic E-state index is 0.0239. The first-order chi connectivity index (χ1) is 11.5. The third-order valence-corrected chi connectivity index (χ3v) is 3.65. The lowest BCUT2D eigenvalue weighted by molar-refractivity contribution is -0.123. The molecule has 0 saturated carbocycles. The summed E-state index contributed by atoms with van der Waals surface area (Å²) >= 11 is 0.961. The van der Waals surface area contributed by atoms with Crippen molar-refractivity contribution in [1.29, 1.82) is 0 Å². The van der Waals surface area contributed by atoms with Crippen LogP contribution in [0.1, 0.15) is 21.6 Å². The Morgan fingerprint density at radius 2 is 1.92 bits per heavy atom. The lowest BCUT2D eigenvalue weighted by Crippen LogP contribution is -2.34. The van der Waals surface area contributed by atoms with E-state index in [0.29, 0.717) is 5.69 Å². The number of hydrogen-bond acceptors (Lipinski definition) is 8. The zero-order valence-corrected chi connectivity index (χ0v) is 13.6. The van der Waals surface area contributed by atoms with Crippen molar-refractivity contribution in [3.8, 4) is 0 Å². The molecule has 0 atom stereocenters. The molecule has 2 rings (SSSR count). The zero-order valence-electron chi connectivity index (χ0n) is 12.8. The monoisotopic (exact) mass is 349 g/mol. The highest BCUT2D eigenvalue weighted by Crippen LogP contribution is 2.21. The molecule has 1 aromatic heterocycles. The normalized spacial score (nSPS) is 10.0. The van der Waals surface area contributed by atoms with Gasteiger partial charge in [-0.15, -0.1) is 0 Å². The molecule has 0 aliphatic carbocycles. The number of nitrogen functional groups attached to an aromatic ring is 1. The van der Waals surface area contributed by atoms with Crippen LogP contribution in [0.15, 0.2) is 30.3 Å². The summed E-state index contributed by atoms with van der Waals surface area (Å²) < 4.78 is 13.6. The van der Waals surface area contributed by atoms with Gasteiger partial charge in [0.1, 0.15) is 17.2 Å². The number of alkyl carbamates (subject to hydrolysis) is 1. The Morgan fingerprint density at radius 1 is 1.21 bits per heavy atom. The summed E-state index contributed by atoms with van der Waals surface area (Å²) in [6.45, 7) is 0.995. The van der Waals surface area contributed by atoms with Crippen LogP contribution < -0.4 is 11.1 Å². The van der Waals surface area contributed by atoms with Crippen molar-refractivity contribution in [2.75, 3.05) is 12.3 Å². The molecular weight excluding hydrogens is 334 g/mol. The molecule has 3 N–H and O–H groups in total. The SMILES string of the molecule is Cc1nsc(N)c1C(=O)OCC(=O)NC(=O)OCc1ccccc1. The number of hydrogen-bond donors (Lipinski definition) is 2. The fourth-order valence-corrected chi connectivity index (χ4v) is 2.40. The van der Waals surface area contributed by atoms with E-state index in [9.17, 15) is 14.4 Å². The van der Waals surface area contributed by atoms with Gasteiger partial charge in [0.25, 0.3) is 5.91 Å². The Hall–Kier alpha value is -2.94. The molecule has 0 aliphatic heterocycles. The molecule has 0 radical (unpaired) electrons. The van der Waals surface area contributed by atoms with Gasteiger partial charge in [-0.05, 0) is 24.0 Å². The third-order valence-electron chi connectivity index (χ3n) is 2.88. The number of benzene rings is 1. The first kappa shape index (κ1) is 17.4. The number of nitrogens with zero attached hydrogens (tertiary/aromatic N) is 1. The minimum Gasteiger partial charge on any atom is -0.452 e. The second-order valence-electron chi connectivity index (χ2n) is 4.69. The van der Waals surface area contributed by atoms with Gasteiger partial charge in [-0.1, -0.05) is 30.3 Å². The van der Waals surface area contributed by atoms with Crippen LogP contribution in [0.5, 0.6) is 0 Å². The average molecular weight is 349 g/mol. The van der Waals surface area contributed by atoms with Crippen molar-refractivity contribution in [3.63, 3.8) is 0 Å². The van der Waals surface area contributed by atoms with Crippen LogP contribution in [0.4, 0.5) is 9.80 Å². The van der Waals surface area contributed by atoms with Crippen molar-refractivity contribution in [3.05, 3.63) is 47.2 Å². The number of amides is 2. The van der Waals surface area contributed by atoms with Crippen molar-refractivity contribution in [2.24, 2.45) is 0 Å². The van der Waals surface area contributed by atoms with Crippen LogP contribution in [-0.4, -0.2) is 29.0 Å². The van der Waals surface area contributed by atoms with Gasteiger partial charge < -0.3 is 15.2 Å². The van der Waals surface area contributed by atoms with E-state index in [4.69, 9.17) is 15.2 Å². The van der Waals surface area contributed by atoms with Gasteiger partial charge in [-0.25, -0.2) is 9.59 Å². The van der Waals surface area contributed by atoms with Crippen molar-refractivity contribution in [1.82, 2.24) is 9.69 Å². The summed E-state index contributed by atoms with van der Waals surface area (Å²) in [5, 5.41) is 2.17. The summed E-state index contributed by atoms with van der Waals surface area (Å²) in [4.78, 5) is 34.9. The smallest absolute Gasteiger partial charge is 0.414 e. The molecule has 9 heteroatoms. The molecule has 0 saturated heterocycles. The number of nitrogens with two attached hydrogens (primary N) is 1. The van der Waals surface area contributed by atoms with Gasteiger partial charge in [0.15, 0.2) is 6.61 Å². The van der Waals surface area contributed by atoms with Crippen LogP contribution in [0.25, 0.3) is 0 Å². The number of aromatic nitrogens is 1. The topological polar surface area (TPSA) is 121 Å². The maximum Gasteiger partial charge on any atom is 0.414 e. The van der Waals surface area contributed by atoms with Gasteiger partial charge in [0.2, 0.25) is 0 Å². The van der Waals surface area contributed by atoms with Gasteiger partial charge in [-0.3, -0.25) is 10.1 Å². The average Bonchev–Trinajstić information content (AvgIpc) is 2.90. The number of aryl methyl sites for hydroxylation is 1. The first-order valence-corrected chi connectivity index (χ1v) is 7.64. The number of carbonyl (C=O) groups excluding carboxylic acids is 3. The molecule has 0 fully saturated rings. The zero-order chi connectivity index (χ0) is 17.5. The second-order valence-corrected chi connectivity index (χ2v) is 5.50. The summed E-state index contributed by atoms with van der Waals surface area (Å²) in [5.41, 5.74) is 6.93. The van der Waals surface area contributed by atoms with Crippen molar-refractivity contribution >= 4 is 34.5 Å². The molecular formula is C15H15N3O5S. The summed E-state index contributed by atoms with van der Waals surface area (Å²) in [7, 11) is 0. The molecule has 0 bridgehead atoms. The standard InChI is InChI=1S/C15H15N3O5S/c1-9-12(13(16)24-18-9)14(20)22-8-11(19)17-15(21)23-7-10-5-3-2-4-6-10/h2-6H,7-8,16H2,1H3,(H,17,19,21). The van der Waals surface area contributed by atoms with E-state index >= 15 is 0 Å². The van der Waals surface area contributed by atoms with Gasteiger partial charge in [-0.2, -0.15) is 4.37 Å². The van der Waals surface area contributed by atoms with Gasteiger partial charge in [0.05, 0.1) is 5.69 Å². The molecule has 0 aliphatic rings. The summed E-state index contributed by atoms with van der Waals surface area (Å²) in [6.07, 6.45) is -0.923. The molecule has 2 aromatic rings. The molecule has 0 unspecified atom stereocenters. The molecule has 8 nitrogen and oxygen atoms in total. The first-order valence-electron chi connectivity index (χ1n) is 6.86. The fourth-order valence-electron chi connectivity index (χ4n) is 1.75. The van der Waals surface area contributed by atoms with E-state index in [0.717, 1.165) is 17.1 Å². The Balaban J connectivity index is 1.75. The van der Waals surface area contributed by atoms with Crippen LogP contribution in [0.3, 0.4) is 0 Å².